The molecule has 1 aromatic rings. The summed E-state index contributed by atoms with van der Waals surface area (Å²) in [4.78, 5) is 16.2. The number of nitrogens with one attached hydrogen (secondary N) is 1. The molecule has 0 aliphatic heterocycles. The first-order valence-electron chi connectivity index (χ1n) is 5.94. The number of hydrogen-bond acceptors (Lipinski definition) is 3. The molecule has 1 heterocycles. The van der Waals surface area contributed by atoms with Crippen molar-refractivity contribution in [3.8, 4) is 0 Å². The van der Waals surface area contributed by atoms with E-state index in [0.717, 1.165) is 10.9 Å². The summed E-state index contributed by atoms with van der Waals surface area (Å²) >= 11 is 3.30. The van der Waals surface area contributed by atoms with Gasteiger partial charge in [0, 0.05) is 17.2 Å². The maximum absolute atomic E-state index is 12.1. The van der Waals surface area contributed by atoms with E-state index in [1.54, 1.807) is 12.3 Å². The van der Waals surface area contributed by atoms with Gasteiger partial charge in [0.15, 0.2) is 0 Å². The molecule has 4 nitrogen and oxygen atoms in total. The lowest BCUT2D eigenvalue weighted by Gasteiger charge is -2.24. The molecule has 3 N–H and O–H groups in total. The Morgan fingerprint density at radius 1 is 1.50 bits per heavy atom. The maximum Gasteiger partial charge on any atom is 0.229 e. The van der Waals surface area contributed by atoms with Gasteiger partial charge in [-0.3, -0.25) is 4.79 Å². The van der Waals surface area contributed by atoms with E-state index in [0.29, 0.717) is 12.4 Å². The molecule has 18 heavy (non-hydrogen) atoms. The van der Waals surface area contributed by atoms with E-state index in [2.05, 4.69) is 47.0 Å². The number of nitrogens with zero attached hydrogens (tertiary/aromatic N) is 1. The van der Waals surface area contributed by atoms with E-state index in [1.807, 2.05) is 6.07 Å². The number of halogens is 1. The fourth-order valence-electron chi connectivity index (χ4n) is 1.70. The number of aromatic nitrogens is 1. The third-order valence-corrected chi connectivity index (χ3v) is 2.96. The number of rotatable bonds is 4. The van der Waals surface area contributed by atoms with Crippen LogP contribution in [0.25, 0.3) is 0 Å². The minimum absolute atomic E-state index is 0.0674. The van der Waals surface area contributed by atoms with Crippen molar-refractivity contribution >= 4 is 27.7 Å². The molecule has 0 saturated carbocycles. The van der Waals surface area contributed by atoms with E-state index in [4.69, 9.17) is 5.73 Å². The minimum Gasteiger partial charge on any atom is -0.330 e. The van der Waals surface area contributed by atoms with Crippen molar-refractivity contribution in [1.29, 1.82) is 0 Å². The standard InChI is InChI=1S/C13H20BrN3O/c1-13(2,3)6-9(7-15)12(18)17-11-5-4-10(14)8-16-11/h4-5,8-9H,6-7,15H2,1-3H3,(H,16,17,18). The molecule has 0 aliphatic carbocycles. The Morgan fingerprint density at radius 3 is 2.61 bits per heavy atom. The molecule has 1 unspecified atom stereocenters. The van der Waals surface area contributed by atoms with E-state index >= 15 is 0 Å². The van der Waals surface area contributed by atoms with Gasteiger partial charge in [-0.25, -0.2) is 4.98 Å². The number of pyridine rings is 1. The predicted molar refractivity (Wildman–Crippen MR) is 77.2 cm³/mol. The zero-order valence-electron chi connectivity index (χ0n) is 11.0. The summed E-state index contributed by atoms with van der Waals surface area (Å²) in [5.74, 6) is 0.299. The zero-order valence-corrected chi connectivity index (χ0v) is 12.6. The fourth-order valence-corrected chi connectivity index (χ4v) is 1.93. The van der Waals surface area contributed by atoms with Crippen LogP contribution in [0.1, 0.15) is 27.2 Å². The maximum atomic E-state index is 12.1. The molecule has 1 rings (SSSR count). The first kappa shape index (κ1) is 15.1. The van der Waals surface area contributed by atoms with Crippen LogP contribution in [0, 0.1) is 11.3 Å². The lowest BCUT2D eigenvalue weighted by molar-refractivity contribution is -0.120. The van der Waals surface area contributed by atoms with Crippen molar-refractivity contribution in [2.45, 2.75) is 27.2 Å². The molecular formula is C13H20BrN3O. The van der Waals surface area contributed by atoms with Crippen molar-refractivity contribution < 1.29 is 4.79 Å². The van der Waals surface area contributed by atoms with Crippen molar-refractivity contribution in [3.05, 3.63) is 22.8 Å². The molecule has 0 spiro atoms. The van der Waals surface area contributed by atoms with Gasteiger partial charge in [0.05, 0.1) is 5.92 Å². The number of amides is 1. The second-order valence-corrected chi connectivity index (χ2v) is 6.46. The molecule has 0 aromatic carbocycles. The van der Waals surface area contributed by atoms with Crippen LogP contribution in [-0.4, -0.2) is 17.4 Å². The van der Waals surface area contributed by atoms with Gasteiger partial charge in [0.1, 0.15) is 5.82 Å². The molecule has 0 fully saturated rings. The quantitative estimate of drug-likeness (QED) is 0.898. The summed E-state index contributed by atoms with van der Waals surface area (Å²) in [7, 11) is 0. The highest BCUT2D eigenvalue weighted by molar-refractivity contribution is 9.10. The second-order valence-electron chi connectivity index (χ2n) is 5.55. The number of nitrogens with two attached hydrogens (primary N) is 1. The summed E-state index contributed by atoms with van der Waals surface area (Å²) < 4.78 is 0.880. The van der Waals surface area contributed by atoms with Gasteiger partial charge in [-0.1, -0.05) is 20.8 Å². The van der Waals surface area contributed by atoms with Crippen LogP contribution in [0.3, 0.4) is 0 Å². The highest BCUT2D eigenvalue weighted by atomic mass is 79.9. The predicted octanol–water partition coefficient (Wildman–Crippen LogP) is 2.79. The molecule has 0 radical (unpaired) electrons. The van der Waals surface area contributed by atoms with Crippen LogP contribution in [0.2, 0.25) is 0 Å². The van der Waals surface area contributed by atoms with Crippen molar-refractivity contribution in [1.82, 2.24) is 4.98 Å². The zero-order chi connectivity index (χ0) is 13.8. The average Bonchev–Trinajstić information content (AvgIpc) is 2.27. The van der Waals surface area contributed by atoms with Gasteiger partial charge in [-0.05, 0) is 39.9 Å². The lowest BCUT2D eigenvalue weighted by Crippen LogP contribution is -2.32. The Balaban J connectivity index is 2.65. The SMILES string of the molecule is CC(C)(C)CC(CN)C(=O)Nc1ccc(Br)cn1. The van der Waals surface area contributed by atoms with E-state index in [9.17, 15) is 4.79 Å². The highest BCUT2D eigenvalue weighted by Gasteiger charge is 2.23. The minimum atomic E-state index is -0.185. The fraction of sp³-hybridized carbons (Fsp3) is 0.538. The topological polar surface area (TPSA) is 68.0 Å². The number of anilines is 1. The monoisotopic (exact) mass is 313 g/mol. The Labute approximate surface area is 116 Å². The first-order chi connectivity index (χ1) is 8.31. The molecule has 0 bridgehead atoms. The summed E-state index contributed by atoms with van der Waals surface area (Å²) in [5, 5.41) is 2.79. The highest BCUT2D eigenvalue weighted by Crippen LogP contribution is 2.24. The van der Waals surface area contributed by atoms with Gasteiger partial charge in [0.25, 0.3) is 0 Å². The van der Waals surface area contributed by atoms with Crippen LogP contribution < -0.4 is 11.1 Å². The van der Waals surface area contributed by atoms with Gasteiger partial charge < -0.3 is 11.1 Å². The van der Waals surface area contributed by atoms with Crippen LogP contribution in [-0.2, 0) is 4.79 Å². The summed E-state index contributed by atoms with van der Waals surface area (Å²) in [5.41, 5.74) is 5.75. The molecular weight excluding hydrogens is 294 g/mol. The van der Waals surface area contributed by atoms with Crippen molar-refractivity contribution in [2.75, 3.05) is 11.9 Å². The second kappa shape index (κ2) is 6.29. The van der Waals surface area contributed by atoms with E-state index in [-0.39, 0.29) is 17.2 Å². The number of hydrogen-bond donors (Lipinski definition) is 2. The van der Waals surface area contributed by atoms with Crippen LogP contribution in [0.4, 0.5) is 5.82 Å². The normalized spacial score (nSPS) is 13.2. The molecule has 1 atom stereocenters. The Kier molecular flexibility index (Phi) is 5.28. The smallest absolute Gasteiger partial charge is 0.229 e. The van der Waals surface area contributed by atoms with E-state index < -0.39 is 0 Å². The molecule has 5 heteroatoms. The summed E-state index contributed by atoms with van der Waals surface area (Å²) in [6.07, 6.45) is 2.41. The van der Waals surface area contributed by atoms with Crippen molar-refractivity contribution in [3.63, 3.8) is 0 Å². The third-order valence-electron chi connectivity index (χ3n) is 2.49. The molecule has 0 saturated heterocycles. The van der Waals surface area contributed by atoms with Crippen LogP contribution in [0.5, 0.6) is 0 Å². The largest absolute Gasteiger partial charge is 0.330 e. The van der Waals surface area contributed by atoms with Crippen LogP contribution >= 0.6 is 15.9 Å². The van der Waals surface area contributed by atoms with Gasteiger partial charge in [-0.15, -0.1) is 0 Å². The number of carbonyl (C=O) groups is 1. The van der Waals surface area contributed by atoms with Gasteiger partial charge >= 0.3 is 0 Å². The van der Waals surface area contributed by atoms with Gasteiger partial charge in [-0.2, -0.15) is 0 Å². The number of carbonyl (C=O) groups excluding carboxylic acids is 1. The molecule has 100 valence electrons. The Bertz CT molecular complexity index is 398. The average molecular weight is 314 g/mol. The van der Waals surface area contributed by atoms with Crippen molar-refractivity contribution in [2.24, 2.45) is 17.1 Å². The molecule has 1 aromatic heterocycles. The van der Waals surface area contributed by atoms with E-state index in [1.165, 1.54) is 0 Å². The summed E-state index contributed by atoms with van der Waals surface area (Å²) in [6.45, 7) is 6.64. The summed E-state index contributed by atoms with van der Waals surface area (Å²) in [6, 6.07) is 3.59. The van der Waals surface area contributed by atoms with Crippen LogP contribution in [0.15, 0.2) is 22.8 Å². The first-order valence-corrected chi connectivity index (χ1v) is 6.73. The molecule has 1 amide bonds. The Hall–Kier alpha value is -0.940. The Morgan fingerprint density at radius 2 is 2.17 bits per heavy atom. The lowest BCUT2D eigenvalue weighted by atomic mass is 9.84. The van der Waals surface area contributed by atoms with Gasteiger partial charge in [0.2, 0.25) is 5.91 Å². The third kappa shape index (κ3) is 5.14. The molecule has 0 aliphatic rings.